The number of nitrogens with two attached hydrogens (primary N) is 1. The van der Waals surface area contributed by atoms with Crippen LogP contribution in [0.3, 0.4) is 0 Å². The molecule has 2 rings (SSSR count). The molecule has 0 aliphatic carbocycles. The van der Waals surface area contributed by atoms with Crippen LogP contribution in [0.15, 0.2) is 36.7 Å². The van der Waals surface area contributed by atoms with Crippen molar-refractivity contribution in [3.63, 3.8) is 0 Å². The summed E-state index contributed by atoms with van der Waals surface area (Å²) in [7, 11) is 1.90. The number of aromatic nitrogens is 3. The first-order valence-corrected chi connectivity index (χ1v) is 5.88. The highest BCUT2D eigenvalue weighted by atomic mass is 15.3. The molecule has 1 heterocycles. The first-order valence-electron chi connectivity index (χ1n) is 5.88. The average molecular weight is 230 g/mol. The fourth-order valence-electron chi connectivity index (χ4n) is 1.84. The van der Waals surface area contributed by atoms with Crippen LogP contribution in [0.5, 0.6) is 0 Å². The van der Waals surface area contributed by atoms with Crippen LogP contribution in [0.2, 0.25) is 0 Å². The Morgan fingerprint density at radius 3 is 2.71 bits per heavy atom. The second-order valence-electron chi connectivity index (χ2n) is 4.29. The van der Waals surface area contributed by atoms with Gasteiger partial charge in [-0.25, -0.2) is 4.98 Å². The van der Waals surface area contributed by atoms with Crippen LogP contribution in [-0.2, 0) is 19.9 Å². The van der Waals surface area contributed by atoms with Crippen LogP contribution in [0, 0.1) is 0 Å². The monoisotopic (exact) mass is 230 g/mol. The Morgan fingerprint density at radius 1 is 1.29 bits per heavy atom. The molecule has 0 aliphatic rings. The van der Waals surface area contributed by atoms with E-state index in [0.717, 1.165) is 25.1 Å². The van der Waals surface area contributed by atoms with Gasteiger partial charge >= 0.3 is 0 Å². The Labute approximate surface area is 101 Å². The summed E-state index contributed by atoms with van der Waals surface area (Å²) in [5, 5.41) is 4.04. The third kappa shape index (κ3) is 3.39. The number of hydrogen-bond donors (Lipinski definition) is 1. The molecule has 1 aromatic heterocycles. The normalized spacial score (nSPS) is 12.6. The molecule has 2 aromatic rings. The fourth-order valence-corrected chi connectivity index (χ4v) is 1.84. The number of nitrogens with zero attached hydrogens (tertiary/aromatic N) is 3. The SMILES string of the molecule is Cn1ncnc1CC(N)CCc1ccccc1. The van der Waals surface area contributed by atoms with Gasteiger partial charge in [0.1, 0.15) is 12.2 Å². The molecule has 1 atom stereocenters. The minimum absolute atomic E-state index is 0.137. The van der Waals surface area contributed by atoms with E-state index in [2.05, 4.69) is 34.3 Å². The molecule has 1 unspecified atom stereocenters. The molecular formula is C13H18N4. The van der Waals surface area contributed by atoms with Gasteiger partial charge in [-0.1, -0.05) is 30.3 Å². The molecule has 0 fully saturated rings. The molecule has 0 aliphatic heterocycles. The van der Waals surface area contributed by atoms with Crippen LogP contribution >= 0.6 is 0 Å². The Morgan fingerprint density at radius 2 is 2.06 bits per heavy atom. The second-order valence-corrected chi connectivity index (χ2v) is 4.29. The smallest absolute Gasteiger partial charge is 0.138 e. The van der Waals surface area contributed by atoms with Crippen molar-refractivity contribution in [2.75, 3.05) is 0 Å². The molecule has 0 saturated heterocycles. The van der Waals surface area contributed by atoms with Crippen molar-refractivity contribution in [1.82, 2.24) is 14.8 Å². The topological polar surface area (TPSA) is 56.7 Å². The highest BCUT2D eigenvalue weighted by molar-refractivity contribution is 5.14. The third-order valence-corrected chi connectivity index (χ3v) is 2.90. The summed E-state index contributed by atoms with van der Waals surface area (Å²) in [6.45, 7) is 0. The molecule has 0 spiro atoms. The molecular weight excluding hydrogens is 212 g/mol. The molecule has 4 heteroatoms. The van der Waals surface area contributed by atoms with Gasteiger partial charge < -0.3 is 5.73 Å². The van der Waals surface area contributed by atoms with Crippen molar-refractivity contribution >= 4 is 0 Å². The lowest BCUT2D eigenvalue weighted by Gasteiger charge is -2.10. The Bertz CT molecular complexity index is 449. The van der Waals surface area contributed by atoms with Crippen molar-refractivity contribution in [3.8, 4) is 0 Å². The second kappa shape index (κ2) is 5.59. The highest BCUT2D eigenvalue weighted by Gasteiger charge is 2.08. The van der Waals surface area contributed by atoms with Gasteiger partial charge in [-0.2, -0.15) is 5.10 Å². The van der Waals surface area contributed by atoms with E-state index in [1.807, 2.05) is 13.1 Å². The molecule has 1 aromatic carbocycles. The largest absolute Gasteiger partial charge is 0.327 e. The Balaban J connectivity index is 1.82. The van der Waals surface area contributed by atoms with E-state index in [0.29, 0.717) is 0 Å². The van der Waals surface area contributed by atoms with Crippen LogP contribution in [0.25, 0.3) is 0 Å². The third-order valence-electron chi connectivity index (χ3n) is 2.90. The van der Waals surface area contributed by atoms with E-state index >= 15 is 0 Å². The standard InChI is InChI=1S/C13H18N4/c1-17-13(15-10-16-17)9-12(14)8-7-11-5-3-2-4-6-11/h2-6,10,12H,7-9,14H2,1H3. The van der Waals surface area contributed by atoms with Crippen molar-refractivity contribution in [2.24, 2.45) is 12.8 Å². The molecule has 4 nitrogen and oxygen atoms in total. The minimum Gasteiger partial charge on any atom is -0.327 e. The molecule has 0 bridgehead atoms. The van der Waals surface area contributed by atoms with E-state index in [1.165, 1.54) is 5.56 Å². The zero-order valence-corrected chi connectivity index (χ0v) is 10.1. The summed E-state index contributed by atoms with van der Waals surface area (Å²) >= 11 is 0. The van der Waals surface area contributed by atoms with E-state index in [4.69, 9.17) is 5.73 Å². The van der Waals surface area contributed by atoms with Crippen molar-refractivity contribution in [2.45, 2.75) is 25.3 Å². The van der Waals surface area contributed by atoms with E-state index in [9.17, 15) is 0 Å². The quantitative estimate of drug-likeness (QED) is 0.842. The molecule has 0 saturated carbocycles. The summed E-state index contributed by atoms with van der Waals surface area (Å²) in [5.41, 5.74) is 7.43. The predicted molar refractivity (Wildman–Crippen MR) is 67.4 cm³/mol. The minimum atomic E-state index is 0.137. The highest BCUT2D eigenvalue weighted by Crippen LogP contribution is 2.06. The molecule has 17 heavy (non-hydrogen) atoms. The first kappa shape index (κ1) is 11.8. The van der Waals surface area contributed by atoms with Crippen LogP contribution in [-0.4, -0.2) is 20.8 Å². The first-order chi connectivity index (χ1) is 8.25. The number of aryl methyl sites for hydroxylation is 2. The fraction of sp³-hybridized carbons (Fsp3) is 0.385. The van der Waals surface area contributed by atoms with E-state index in [-0.39, 0.29) is 6.04 Å². The average Bonchev–Trinajstić information content (AvgIpc) is 2.74. The van der Waals surface area contributed by atoms with E-state index < -0.39 is 0 Å². The van der Waals surface area contributed by atoms with Gasteiger partial charge in [0.15, 0.2) is 0 Å². The van der Waals surface area contributed by atoms with Gasteiger partial charge in [0.2, 0.25) is 0 Å². The molecule has 2 N–H and O–H groups in total. The Hall–Kier alpha value is -1.68. The number of hydrogen-bond acceptors (Lipinski definition) is 3. The molecule has 0 amide bonds. The van der Waals surface area contributed by atoms with Crippen molar-refractivity contribution < 1.29 is 0 Å². The van der Waals surface area contributed by atoms with Gasteiger partial charge in [-0.15, -0.1) is 0 Å². The van der Waals surface area contributed by atoms with Gasteiger partial charge in [0, 0.05) is 19.5 Å². The van der Waals surface area contributed by atoms with Gasteiger partial charge in [-0.05, 0) is 18.4 Å². The summed E-state index contributed by atoms with van der Waals surface area (Å²) in [5.74, 6) is 0.950. The van der Waals surface area contributed by atoms with Crippen molar-refractivity contribution in [3.05, 3.63) is 48.0 Å². The maximum absolute atomic E-state index is 6.10. The van der Waals surface area contributed by atoms with Crippen LogP contribution in [0.4, 0.5) is 0 Å². The zero-order chi connectivity index (χ0) is 12.1. The Kier molecular flexibility index (Phi) is 3.88. The molecule has 0 radical (unpaired) electrons. The zero-order valence-electron chi connectivity index (χ0n) is 10.1. The summed E-state index contributed by atoms with van der Waals surface area (Å²) in [4.78, 5) is 4.18. The summed E-state index contributed by atoms with van der Waals surface area (Å²) < 4.78 is 1.78. The summed E-state index contributed by atoms with van der Waals surface area (Å²) in [6.07, 6.45) is 4.33. The predicted octanol–water partition coefficient (Wildman–Crippen LogP) is 1.32. The maximum atomic E-state index is 6.10. The lowest BCUT2D eigenvalue weighted by molar-refractivity contribution is 0.570. The lowest BCUT2D eigenvalue weighted by atomic mass is 10.0. The summed E-state index contributed by atoms with van der Waals surface area (Å²) in [6, 6.07) is 10.6. The number of rotatable bonds is 5. The number of benzene rings is 1. The van der Waals surface area contributed by atoms with Crippen LogP contribution < -0.4 is 5.73 Å². The van der Waals surface area contributed by atoms with E-state index in [1.54, 1.807) is 11.0 Å². The van der Waals surface area contributed by atoms with Gasteiger partial charge in [0.25, 0.3) is 0 Å². The maximum Gasteiger partial charge on any atom is 0.138 e. The van der Waals surface area contributed by atoms with Gasteiger partial charge in [0.05, 0.1) is 0 Å². The van der Waals surface area contributed by atoms with Crippen molar-refractivity contribution in [1.29, 1.82) is 0 Å². The molecule has 90 valence electrons. The lowest BCUT2D eigenvalue weighted by Crippen LogP contribution is -2.25. The van der Waals surface area contributed by atoms with Crippen LogP contribution in [0.1, 0.15) is 17.8 Å². The van der Waals surface area contributed by atoms with Gasteiger partial charge in [-0.3, -0.25) is 4.68 Å².